The quantitative estimate of drug-likeness (QED) is 0.254. The maximum Gasteiger partial charge on any atom is 0.255 e. The fraction of sp³-hybridized carbons (Fsp3) is 0.364. The Hall–Kier alpha value is -3.50. The summed E-state index contributed by atoms with van der Waals surface area (Å²) in [5.74, 6) is -0.129. The Balaban J connectivity index is 0.000000478. The average molecular weight is 647 g/mol. The number of carbonyl (C=O) groups is 3. The normalized spacial score (nSPS) is 17.1. The van der Waals surface area contributed by atoms with Crippen LogP contribution in [0.3, 0.4) is 0 Å². The first kappa shape index (κ1) is 36.7. The Kier molecular flexibility index (Phi) is 15.3. The number of rotatable bonds is 7. The first-order valence-corrected chi connectivity index (χ1v) is 15.2. The van der Waals surface area contributed by atoms with Crippen molar-refractivity contribution in [2.75, 3.05) is 37.7 Å². The molecule has 0 spiro atoms. The van der Waals surface area contributed by atoms with Crippen LogP contribution >= 0.6 is 23.2 Å². The molecule has 0 bridgehead atoms. The molecule has 44 heavy (non-hydrogen) atoms. The largest absolute Gasteiger partial charge is 0.399 e. The molecule has 8 nitrogen and oxygen atoms in total. The summed E-state index contributed by atoms with van der Waals surface area (Å²) in [4.78, 5) is 37.0. The van der Waals surface area contributed by atoms with Crippen molar-refractivity contribution in [3.63, 3.8) is 0 Å². The maximum atomic E-state index is 15.0. The van der Waals surface area contributed by atoms with E-state index in [4.69, 9.17) is 33.7 Å². The van der Waals surface area contributed by atoms with Gasteiger partial charge in [0.25, 0.3) is 5.91 Å². The molecule has 2 amide bonds. The predicted molar refractivity (Wildman–Crippen MR) is 177 cm³/mol. The van der Waals surface area contributed by atoms with Gasteiger partial charge in [0.2, 0.25) is 5.91 Å². The minimum atomic E-state index is -0.388. The summed E-state index contributed by atoms with van der Waals surface area (Å²) in [6.45, 7) is 7.67. The summed E-state index contributed by atoms with van der Waals surface area (Å²) >= 11 is 11.7. The van der Waals surface area contributed by atoms with E-state index in [2.05, 4.69) is 16.0 Å². The second-order valence-electron chi connectivity index (χ2n) is 10.3. The summed E-state index contributed by atoms with van der Waals surface area (Å²) in [7, 11) is 1.50. The molecule has 1 heterocycles. The zero-order valence-corrected chi connectivity index (χ0v) is 27.0. The van der Waals surface area contributed by atoms with Gasteiger partial charge in [0.1, 0.15) is 12.6 Å². The van der Waals surface area contributed by atoms with Gasteiger partial charge in [0, 0.05) is 54.4 Å². The van der Waals surface area contributed by atoms with Gasteiger partial charge in [-0.3, -0.25) is 14.5 Å². The Morgan fingerprint density at radius 1 is 1.02 bits per heavy atom. The van der Waals surface area contributed by atoms with E-state index < -0.39 is 0 Å². The van der Waals surface area contributed by atoms with Crippen LogP contribution in [-0.4, -0.2) is 61.3 Å². The van der Waals surface area contributed by atoms with Crippen molar-refractivity contribution < 1.29 is 18.8 Å². The molecule has 2 aliphatic rings. The smallest absolute Gasteiger partial charge is 0.255 e. The zero-order valence-electron chi connectivity index (χ0n) is 25.4. The molecule has 1 aliphatic carbocycles. The number of carbonyl (C=O) groups excluding carboxylic acids is 3. The van der Waals surface area contributed by atoms with E-state index in [1.807, 2.05) is 24.7 Å². The molecule has 5 N–H and O–H groups in total. The highest BCUT2D eigenvalue weighted by molar-refractivity contribution is 6.31. The predicted octanol–water partition coefficient (Wildman–Crippen LogP) is 6.44. The van der Waals surface area contributed by atoms with Crippen LogP contribution in [0.15, 0.2) is 66.7 Å². The number of nitrogens with one attached hydrogen (secondary N) is 1. The molecule has 2 fully saturated rings. The average Bonchev–Trinajstić information content (AvgIpc) is 3.75. The number of nitrogens with zero attached hydrogens (tertiary/aromatic N) is 2. The lowest BCUT2D eigenvalue weighted by atomic mass is 9.93. The Morgan fingerprint density at radius 3 is 2.18 bits per heavy atom. The van der Waals surface area contributed by atoms with Crippen LogP contribution in [0, 0.1) is 11.7 Å². The molecular formula is C33H42Cl2FN5O3. The lowest BCUT2D eigenvalue weighted by Gasteiger charge is -2.38. The lowest BCUT2D eigenvalue weighted by molar-refractivity contribution is -0.114. The number of halogens is 3. The fourth-order valence-corrected chi connectivity index (χ4v) is 5.61. The number of likely N-dealkylation sites (N-methyl/N-ethyl adjacent to an activating group) is 1. The Bertz CT molecular complexity index is 1340. The van der Waals surface area contributed by atoms with E-state index in [0.29, 0.717) is 40.0 Å². The van der Waals surface area contributed by atoms with Gasteiger partial charge in [0.15, 0.2) is 0 Å². The molecule has 1 saturated heterocycles. The monoisotopic (exact) mass is 645 g/mol. The van der Waals surface area contributed by atoms with Gasteiger partial charge in [-0.2, -0.15) is 0 Å². The molecule has 1 aliphatic heterocycles. The SMILES string of the molecule is C=O.CCN(C(=O)c1ccc(NC(C)=O)cc1)C1C(c2cccc(Cl)c2F)CCN1CC1CC1.CN.Nc1cccc(Cl)c1. The lowest BCUT2D eigenvalue weighted by Crippen LogP contribution is -2.50. The molecule has 3 aromatic rings. The van der Waals surface area contributed by atoms with E-state index >= 15 is 0 Å². The highest BCUT2D eigenvalue weighted by Gasteiger charge is 2.43. The maximum absolute atomic E-state index is 15.0. The molecule has 238 valence electrons. The second kappa shape index (κ2) is 18.3. The number of amides is 2. The van der Waals surface area contributed by atoms with E-state index in [9.17, 15) is 14.0 Å². The third-order valence-corrected chi connectivity index (χ3v) is 7.78. The summed E-state index contributed by atoms with van der Waals surface area (Å²) in [5.41, 5.74) is 12.3. The molecule has 11 heteroatoms. The third-order valence-electron chi connectivity index (χ3n) is 7.25. The molecular weight excluding hydrogens is 604 g/mol. The Labute approximate surface area is 269 Å². The molecule has 0 aromatic heterocycles. The number of benzene rings is 3. The van der Waals surface area contributed by atoms with Crippen LogP contribution in [0.25, 0.3) is 0 Å². The number of nitrogen functional groups attached to an aromatic ring is 1. The van der Waals surface area contributed by atoms with Crippen LogP contribution in [0.2, 0.25) is 10.0 Å². The number of hydrogen-bond acceptors (Lipinski definition) is 6. The minimum absolute atomic E-state index is 0.0954. The zero-order chi connectivity index (χ0) is 32.8. The van der Waals surface area contributed by atoms with Gasteiger partial charge < -0.3 is 26.5 Å². The molecule has 2 unspecified atom stereocenters. The number of nitrogens with two attached hydrogens (primary N) is 2. The van der Waals surface area contributed by atoms with Gasteiger partial charge in [-0.1, -0.05) is 41.4 Å². The summed E-state index contributed by atoms with van der Waals surface area (Å²) in [5, 5.41) is 3.52. The van der Waals surface area contributed by atoms with Crippen LogP contribution in [-0.2, 0) is 9.59 Å². The van der Waals surface area contributed by atoms with Gasteiger partial charge in [-0.15, -0.1) is 0 Å². The summed E-state index contributed by atoms with van der Waals surface area (Å²) in [6.07, 6.45) is 2.98. The standard InChI is InChI=1S/C25H29ClFN3O2.C6H6ClN.CH5N.CH2O/c1-3-30(25(32)18-9-11-19(12-10-18)28-16(2)31)24-21(13-14-29(24)15-17-7-8-17)20-5-4-6-22(26)23(20)27;7-5-2-1-3-6(8)4-5;2*1-2/h4-6,9-12,17,21,24H,3,7-8,13-15H2,1-2H3,(H,28,31);1-4H,8H2;2H2,1H3;1H2. The molecule has 2 atom stereocenters. The summed E-state index contributed by atoms with van der Waals surface area (Å²) < 4.78 is 15.0. The van der Waals surface area contributed by atoms with Crippen molar-refractivity contribution in [2.24, 2.45) is 11.7 Å². The Morgan fingerprint density at radius 2 is 1.66 bits per heavy atom. The highest BCUT2D eigenvalue weighted by Crippen LogP contribution is 2.41. The number of hydrogen-bond donors (Lipinski definition) is 3. The second-order valence-corrected chi connectivity index (χ2v) is 11.1. The molecule has 3 aromatic carbocycles. The van der Waals surface area contributed by atoms with Crippen molar-refractivity contribution in [1.82, 2.24) is 9.80 Å². The van der Waals surface area contributed by atoms with E-state index in [1.165, 1.54) is 26.8 Å². The minimum Gasteiger partial charge on any atom is -0.399 e. The number of likely N-dealkylation sites (tertiary alicyclic amines) is 1. The van der Waals surface area contributed by atoms with E-state index in [1.54, 1.807) is 60.7 Å². The van der Waals surface area contributed by atoms with Crippen molar-refractivity contribution in [3.05, 3.63) is 93.7 Å². The van der Waals surface area contributed by atoms with Crippen molar-refractivity contribution in [2.45, 2.75) is 45.2 Å². The van der Waals surface area contributed by atoms with Gasteiger partial charge in [0.05, 0.1) is 11.2 Å². The van der Waals surface area contributed by atoms with Crippen molar-refractivity contribution in [1.29, 1.82) is 0 Å². The topological polar surface area (TPSA) is 122 Å². The van der Waals surface area contributed by atoms with Crippen molar-refractivity contribution in [3.8, 4) is 0 Å². The molecule has 0 radical (unpaired) electrons. The fourth-order valence-electron chi connectivity index (χ4n) is 5.23. The highest BCUT2D eigenvalue weighted by atomic mass is 35.5. The van der Waals surface area contributed by atoms with Crippen LogP contribution in [0.4, 0.5) is 15.8 Å². The van der Waals surface area contributed by atoms with E-state index in [0.717, 1.165) is 19.5 Å². The summed E-state index contributed by atoms with van der Waals surface area (Å²) in [6, 6.07) is 19.2. The van der Waals surface area contributed by atoms with Crippen molar-refractivity contribution >= 4 is 53.2 Å². The molecule has 5 rings (SSSR count). The van der Waals surface area contributed by atoms with Gasteiger partial charge in [-0.25, -0.2) is 4.39 Å². The first-order chi connectivity index (χ1) is 21.2. The van der Waals surface area contributed by atoms with E-state index in [-0.39, 0.29) is 34.7 Å². The van der Waals surface area contributed by atoms with Crippen LogP contribution < -0.4 is 16.8 Å². The van der Waals surface area contributed by atoms with Gasteiger partial charge in [-0.05, 0) is 93.2 Å². The van der Waals surface area contributed by atoms with Crippen LogP contribution in [0.5, 0.6) is 0 Å². The molecule has 1 saturated carbocycles. The first-order valence-electron chi connectivity index (χ1n) is 14.4. The third kappa shape index (κ3) is 10.3. The number of anilines is 2. The van der Waals surface area contributed by atoms with Crippen LogP contribution in [0.1, 0.15) is 54.9 Å². The van der Waals surface area contributed by atoms with Gasteiger partial charge >= 0.3 is 0 Å².